The Kier molecular flexibility index (Phi) is 2.92. The molecule has 0 radical (unpaired) electrons. The van der Waals surface area contributed by atoms with Crippen LogP contribution in [0.1, 0.15) is 23.2 Å². The zero-order valence-corrected chi connectivity index (χ0v) is 8.31. The van der Waals surface area contributed by atoms with Crippen LogP contribution in [-0.2, 0) is 9.53 Å². The van der Waals surface area contributed by atoms with Gasteiger partial charge < -0.3 is 4.74 Å². The summed E-state index contributed by atoms with van der Waals surface area (Å²) in [7, 11) is 0. The Balaban J connectivity index is 2.11. The fraction of sp³-hybridized carbons (Fsp3) is 0.333. The van der Waals surface area contributed by atoms with Gasteiger partial charge in [-0.15, -0.1) is 0 Å². The van der Waals surface area contributed by atoms with Crippen LogP contribution in [0.3, 0.4) is 0 Å². The van der Waals surface area contributed by atoms with Crippen molar-refractivity contribution in [3.8, 4) is 0 Å². The molecule has 3 heteroatoms. The summed E-state index contributed by atoms with van der Waals surface area (Å²) in [5, 5.41) is 0. The van der Waals surface area contributed by atoms with Crippen molar-refractivity contribution >= 4 is 11.6 Å². The molecule has 1 atom stereocenters. The number of carbonyl (C=O) groups is 2. The lowest BCUT2D eigenvalue weighted by molar-refractivity contribution is -0.126. The molecule has 1 aromatic carbocycles. The van der Waals surface area contributed by atoms with E-state index in [1.54, 1.807) is 24.3 Å². The van der Waals surface area contributed by atoms with Gasteiger partial charge in [0.25, 0.3) is 0 Å². The van der Waals surface area contributed by atoms with Crippen molar-refractivity contribution in [2.24, 2.45) is 0 Å². The molecule has 1 fully saturated rings. The van der Waals surface area contributed by atoms with Crippen LogP contribution in [0.2, 0.25) is 0 Å². The van der Waals surface area contributed by atoms with Gasteiger partial charge in [0.1, 0.15) is 11.9 Å². The molecule has 1 aliphatic heterocycles. The Morgan fingerprint density at radius 3 is 2.67 bits per heavy atom. The quantitative estimate of drug-likeness (QED) is 0.687. The van der Waals surface area contributed by atoms with Crippen LogP contribution in [0.25, 0.3) is 0 Å². The van der Waals surface area contributed by atoms with Crippen molar-refractivity contribution in [3.63, 3.8) is 0 Å². The van der Waals surface area contributed by atoms with Crippen LogP contribution in [0.5, 0.6) is 0 Å². The molecule has 1 heterocycles. The number of benzene rings is 1. The van der Waals surface area contributed by atoms with Gasteiger partial charge in [0.05, 0.1) is 6.61 Å². The first-order valence-corrected chi connectivity index (χ1v) is 5.00. The molecule has 0 spiro atoms. The van der Waals surface area contributed by atoms with Gasteiger partial charge in [0, 0.05) is 18.4 Å². The van der Waals surface area contributed by atoms with Crippen LogP contribution < -0.4 is 0 Å². The van der Waals surface area contributed by atoms with Crippen LogP contribution in [0.4, 0.5) is 0 Å². The Bertz CT molecular complexity index is 370. The van der Waals surface area contributed by atoms with Crippen molar-refractivity contribution in [1.29, 1.82) is 0 Å². The second-order valence-electron chi connectivity index (χ2n) is 3.58. The Hall–Kier alpha value is -1.48. The highest BCUT2D eigenvalue weighted by atomic mass is 16.5. The van der Waals surface area contributed by atoms with Gasteiger partial charge >= 0.3 is 0 Å². The van der Waals surface area contributed by atoms with Gasteiger partial charge in [0.2, 0.25) is 0 Å². The van der Waals surface area contributed by atoms with E-state index in [2.05, 4.69) is 0 Å². The van der Waals surface area contributed by atoms with Crippen LogP contribution >= 0.6 is 0 Å². The predicted octanol–water partition coefficient (Wildman–Crippen LogP) is 1.62. The van der Waals surface area contributed by atoms with E-state index < -0.39 is 6.10 Å². The smallest absolute Gasteiger partial charge is 0.191 e. The summed E-state index contributed by atoms with van der Waals surface area (Å²) in [5.41, 5.74) is 0.609. The molecule has 0 aromatic heterocycles. The molecule has 3 nitrogen and oxygen atoms in total. The first-order valence-electron chi connectivity index (χ1n) is 5.00. The molecule has 1 aromatic rings. The van der Waals surface area contributed by atoms with Crippen LogP contribution in [0, 0.1) is 0 Å². The average molecular weight is 204 g/mol. The summed E-state index contributed by atoms with van der Waals surface area (Å²) in [6.07, 6.45) is 0.0698. The molecule has 2 rings (SSSR count). The van der Waals surface area contributed by atoms with Crippen LogP contribution in [0.15, 0.2) is 30.3 Å². The maximum atomic E-state index is 11.9. The highest BCUT2D eigenvalue weighted by Gasteiger charge is 2.27. The van der Waals surface area contributed by atoms with Crippen molar-refractivity contribution in [3.05, 3.63) is 35.9 Å². The predicted molar refractivity (Wildman–Crippen MR) is 54.8 cm³/mol. The van der Waals surface area contributed by atoms with Crippen molar-refractivity contribution in [1.82, 2.24) is 0 Å². The second-order valence-corrected chi connectivity index (χ2v) is 3.58. The first-order chi connectivity index (χ1) is 7.27. The topological polar surface area (TPSA) is 43.4 Å². The highest BCUT2D eigenvalue weighted by Crippen LogP contribution is 2.15. The minimum atomic E-state index is -0.575. The lowest BCUT2D eigenvalue weighted by atomic mass is 9.99. The van der Waals surface area contributed by atoms with E-state index in [-0.39, 0.29) is 18.0 Å². The van der Waals surface area contributed by atoms with E-state index in [1.807, 2.05) is 6.07 Å². The third kappa shape index (κ3) is 2.30. The number of Topliss-reactive ketones (excluding diaryl/α,β-unsaturated/α-hetero) is 2. The molecule has 0 saturated carbocycles. The largest absolute Gasteiger partial charge is 0.369 e. The normalized spacial score (nSPS) is 21.3. The molecule has 0 amide bonds. The summed E-state index contributed by atoms with van der Waals surface area (Å²) < 4.78 is 5.29. The van der Waals surface area contributed by atoms with E-state index in [0.29, 0.717) is 18.6 Å². The molecule has 15 heavy (non-hydrogen) atoms. The van der Waals surface area contributed by atoms with Crippen molar-refractivity contribution in [2.75, 3.05) is 6.61 Å². The van der Waals surface area contributed by atoms with Gasteiger partial charge in [-0.25, -0.2) is 0 Å². The van der Waals surface area contributed by atoms with Gasteiger partial charge in [-0.2, -0.15) is 0 Å². The van der Waals surface area contributed by atoms with Crippen LogP contribution in [-0.4, -0.2) is 24.3 Å². The number of ether oxygens (including phenoxy) is 1. The standard InChI is InChI=1S/C12H12O3/c13-10-6-7-15-11(8-10)12(14)9-4-2-1-3-5-9/h1-5,11H,6-8H2/t11-/m0/s1. The lowest BCUT2D eigenvalue weighted by Crippen LogP contribution is -2.32. The molecule has 0 N–H and O–H groups in total. The third-order valence-electron chi connectivity index (χ3n) is 2.46. The van der Waals surface area contributed by atoms with E-state index in [9.17, 15) is 9.59 Å². The highest BCUT2D eigenvalue weighted by molar-refractivity contribution is 6.02. The number of carbonyl (C=O) groups excluding carboxylic acids is 2. The monoisotopic (exact) mass is 204 g/mol. The Morgan fingerprint density at radius 1 is 1.27 bits per heavy atom. The summed E-state index contributed by atoms with van der Waals surface area (Å²) in [6, 6.07) is 8.94. The number of rotatable bonds is 2. The molecule has 78 valence electrons. The summed E-state index contributed by atoms with van der Waals surface area (Å²) in [4.78, 5) is 23.0. The van der Waals surface area contributed by atoms with Gasteiger partial charge in [0.15, 0.2) is 5.78 Å². The zero-order chi connectivity index (χ0) is 10.7. The first kappa shape index (κ1) is 10.1. The minimum absolute atomic E-state index is 0.0938. The van der Waals surface area contributed by atoms with Crippen molar-refractivity contribution < 1.29 is 14.3 Å². The molecule has 1 aliphatic rings. The van der Waals surface area contributed by atoms with E-state index in [0.717, 1.165) is 0 Å². The number of ketones is 2. The van der Waals surface area contributed by atoms with E-state index in [4.69, 9.17) is 4.74 Å². The summed E-state index contributed by atoms with van der Waals surface area (Å²) in [6.45, 7) is 0.363. The van der Waals surface area contributed by atoms with Crippen molar-refractivity contribution in [2.45, 2.75) is 18.9 Å². The zero-order valence-electron chi connectivity index (χ0n) is 8.31. The second kappa shape index (κ2) is 4.36. The Morgan fingerprint density at radius 2 is 2.00 bits per heavy atom. The third-order valence-corrected chi connectivity index (χ3v) is 2.46. The maximum absolute atomic E-state index is 11.9. The van der Waals surface area contributed by atoms with Gasteiger partial charge in [-0.3, -0.25) is 9.59 Å². The minimum Gasteiger partial charge on any atom is -0.369 e. The molecule has 0 bridgehead atoms. The molecule has 0 aliphatic carbocycles. The fourth-order valence-electron chi connectivity index (χ4n) is 1.64. The number of hydrogen-bond donors (Lipinski definition) is 0. The molecule has 1 saturated heterocycles. The average Bonchev–Trinajstić information content (AvgIpc) is 2.29. The van der Waals surface area contributed by atoms with Gasteiger partial charge in [-0.05, 0) is 0 Å². The molecular weight excluding hydrogens is 192 g/mol. The lowest BCUT2D eigenvalue weighted by Gasteiger charge is -2.20. The summed E-state index contributed by atoms with van der Waals surface area (Å²) >= 11 is 0. The van der Waals surface area contributed by atoms with Gasteiger partial charge in [-0.1, -0.05) is 30.3 Å². The van der Waals surface area contributed by atoms with E-state index in [1.165, 1.54) is 0 Å². The molecular formula is C12H12O3. The Labute approximate surface area is 88.1 Å². The number of hydrogen-bond acceptors (Lipinski definition) is 3. The fourth-order valence-corrected chi connectivity index (χ4v) is 1.64. The van der Waals surface area contributed by atoms with E-state index >= 15 is 0 Å². The maximum Gasteiger partial charge on any atom is 0.191 e. The summed E-state index contributed by atoms with van der Waals surface area (Å²) in [5.74, 6) is 0.0131. The SMILES string of the molecule is O=C1CCO[C@H](C(=O)c2ccccc2)C1. The molecule has 0 unspecified atom stereocenters.